The third kappa shape index (κ3) is 8.38. The topological polar surface area (TPSA) is 61.8 Å². The number of hydrogen-bond donors (Lipinski definition) is 2. The van der Waals surface area contributed by atoms with E-state index in [1.165, 1.54) is 0 Å². The molecule has 0 saturated heterocycles. The van der Waals surface area contributed by atoms with Gasteiger partial charge in [-0.2, -0.15) is 0 Å². The fourth-order valence-electron chi connectivity index (χ4n) is 1.74. The highest BCUT2D eigenvalue weighted by molar-refractivity contribution is 5.69. The van der Waals surface area contributed by atoms with Crippen molar-refractivity contribution in [2.24, 2.45) is 0 Å². The van der Waals surface area contributed by atoms with Crippen molar-refractivity contribution < 1.29 is 14.6 Å². The van der Waals surface area contributed by atoms with Gasteiger partial charge in [0.05, 0.1) is 0 Å². The minimum Gasteiger partial charge on any atom is -0.444 e. The Morgan fingerprint density at radius 3 is 2.20 bits per heavy atom. The maximum absolute atomic E-state index is 12.2. The number of aliphatic hydroxyl groups is 1. The minimum absolute atomic E-state index is 0.170. The average molecular weight is 288 g/mol. The van der Waals surface area contributed by atoms with E-state index in [0.29, 0.717) is 19.5 Å². The second-order valence-electron chi connectivity index (χ2n) is 7.17. The van der Waals surface area contributed by atoms with Crippen LogP contribution in [0.1, 0.15) is 54.9 Å². The molecule has 0 aliphatic rings. The van der Waals surface area contributed by atoms with Crippen molar-refractivity contribution in [1.82, 2.24) is 10.2 Å². The van der Waals surface area contributed by atoms with Crippen LogP contribution in [0.5, 0.6) is 0 Å². The first-order valence-corrected chi connectivity index (χ1v) is 7.32. The molecule has 0 saturated carbocycles. The molecule has 120 valence electrons. The summed E-state index contributed by atoms with van der Waals surface area (Å²) in [6, 6.07) is 0.237. The standard InChI is InChI=1S/C15H32N2O3/c1-12(8-11-18)16-9-10-17(14(2,3)4)13(19)20-15(5,6)7/h12,16,18H,8-11H2,1-7H3. The van der Waals surface area contributed by atoms with E-state index in [-0.39, 0.29) is 24.3 Å². The maximum atomic E-state index is 12.2. The Bertz CT molecular complexity index is 292. The van der Waals surface area contributed by atoms with Crippen LogP contribution in [-0.2, 0) is 4.74 Å². The van der Waals surface area contributed by atoms with Crippen molar-refractivity contribution >= 4 is 6.09 Å². The normalized spacial score (nSPS) is 14.0. The summed E-state index contributed by atoms with van der Waals surface area (Å²) in [5.41, 5.74) is -0.775. The fourth-order valence-corrected chi connectivity index (χ4v) is 1.74. The van der Waals surface area contributed by atoms with E-state index in [0.717, 1.165) is 0 Å². The maximum Gasteiger partial charge on any atom is 0.410 e. The van der Waals surface area contributed by atoms with Crippen LogP contribution in [-0.4, -0.2) is 53.0 Å². The molecule has 2 N–H and O–H groups in total. The molecular formula is C15H32N2O3. The molecule has 20 heavy (non-hydrogen) atoms. The zero-order chi connectivity index (χ0) is 16.0. The number of carbonyl (C=O) groups is 1. The number of hydrogen-bond acceptors (Lipinski definition) is 4. The van der Waals surface area contributed by atoms with Crippen LogP contribution in [0.2, 0.25) is 0 Å². The molecule has 0 spiro atoms. The van der Waals surface area contributed by atoms with Crippen molar-refractivity contribution in [2.45, 2.75) is 72.1 Å². The Kier molecular flexibility index (Phi) is 7.52. The summed E-state index contributed by atoms with van der Waals surface area (Å²) < 4.78 is 5.45. The van der Waals surface area contributed by atoms with Gasteiger partial charge in [0, 0.05) is 31.3 Å². The lowest BCUT2D eigenvalue weighted by Crippen LogP contribution is -2.50. The molecule has 0 aromatic rings. The van der Waals surface area contributed by atoms with Gasteiger partial charge < -0.3 is 20.1 Å². The van der Waals surface area contributed by atoms with Crippen LogP contribution in [0.3, 0.4) is 0 Å². The molecule has 0 bridgehead atoms. The van der Waals surface area contributed by atoms with Crippen LogP contribution in [0.15, 0.2) is 0 Å². The molecule has 0 fully saturated rings. The minimum atomic E-state index is -0.488. The molecule has 1 unspecified atom stereocenters. The van der Waals surface area contributed by atoms with Crippen LogP contribution in [0.4, 0.5) is 4.79 Å². The van der Waals surface area contributed by atoms with Crippen molar-refractivity contribution in [1.29, 1.82) is 0 Å². The van der Waals surface area contributed by atoms with E-state index in [4.69, 9.17) is 9.84 Å². The number of nitrogens with one attached hydrogen (secondary N) is 1. The highest BCUT2D eigenvalue weighted by Crippen LogP contribution is 2.17. The highest BCUT2D eigenvalue weighted by atomic mass is 16.6. The zero-order valence-electron chi connectivity index (χ0n) is 14.1. The van der Waals surface area contributed by atoms with Crippen molar-refractivity contribution in [2.75, 3.05) is 19.7 Å². The lowest BCUT2D eigenvalue weighted by atomic mass is 10.1. The number of rotatable bonds is 6. The summed E-state index contributed by atoms with van der Waals surface area (Å²) in [4.78, 5) is 14.0. The van der Waals surface area contributed by atoms with Crippen molar-refractivity contribution in [3.05, 3.63) is 0 Å². The zero-order valence-corrected chi connectivity index (χ0v) is 14.1. The van der Waals surface area contributed by atoms with Gasteiger partial charge in [-0.05, 0) is 54.9 Å². The molecular weight excluding hydrogens is 256 g/mol. The second kappa shape index (κ2) is 7.84. The summed E-state index contributed by atoms with van der Waals surface area (Å²) in [5, 5.41) is 12.2. The average Bonchev–Trinajstić information content (AvgIpc) is 2.20. The summed E-state index contributed by atoms with van der Waals surface area (Å²) in [5.74, 6) is 0. The molecule has 5 nitrogen and oxygen atoms in total. The Morgan fingerprint density at radius 2 is 1.80 bits per heavy atom. The number of ether oxygens (including phenoxy) is 1. The molecule has 1 amide bonds. The first-order chi connectivity index (χ1) is 8.97. The summed E-state index contributed by atoms with van der Waals surface area (Å²) >= 11 is 0. The predicted octanol–water partition coefficient (Wildman–Crippen LogP) is 2.38. The van der Waals surface area contributed by atoms with Gasteiger partial charge in [0.25, 0.3) is 0 Å². The van der Waals surface area contributed by atoms with E-state index >= 15 is 0 Å². The van der Waals surface area contributed by atoms with Crippen molar-refractivity contribution in [3.63, 3.8) is 0 Å². The number of nitrogens with zero attached hydrogens (tertiary/aromatic N) is 1. The third-order valence-electron chi connectivity index (χ3n) is 2.81. The van der Waals surface area contributed by atoms with Gasteiger partial charge in [-0.25, -0.2) is 4.79 Å². The molecule has 0 aliphatic heterocycles. The Hall–Kier alpha value is -0.810. The lowest BCUT2D eigenvalue weighted by molar-refractivity contribution is 0.00643. The molecule has 0 rings (SSSR count). The van der Waals surface area contributed by atoms with Gasteiger partial charge in [-0.3, -0.25) is 0 Å². The van der Waals surface area contributed by atoms with Crippen LogP contribution in [0, 0.1) is 0 Å². The third-order valence-corrected chi connectivity index (χ3v) is 2.81. The van der Waals surface area contributed by atoms with E-state index in [1.807, 2.05) is 48.5 Å². The van der Waals surface area contributed by atoms with Gasteiger partial charge in [-0.15, -0.1) is 0 Å². The first kappa shape index (κ1) is 19.2. The van der Waals surface area contributed by atoms with Crippen LogP contribution < -0.4 is 5.32 Å². The number of amides is 1. The van der Waals surface area contributed by atoms with Crippen molar-refractivity contribution in [3.8, 4) is 0 Å². The smallest absolute Gasteiger partial charge is 0.410 e. The van der Waals surface area contributed by atoms with Gasteiger partial charge >= 0.3 is 6.09 Å². The molecule has 0 aromatic heterocycles. The van der Waals surface area contributed by atoms with Gasteiger partial charge in [0.2, 0.25) is 0 Å². The molecule has 0 radical (unpaired) electrons. The number of aliphatic hydroxyl groups excluding tert-OH is 1. The van der Waals surface area contributed by atoms with E-state index in [9.17, 15) is 4.79 Å². The summed E-state index contributed by atoms with van der Waals surface area (Å²) in [6.45, 7) is 15.0. The largest absolute Gasteiger partial charge is 0.444 e. The predicted molar refractivity (Wildman–Crippen MR) is 81.9 cm³/mol. The Balaban J connectivity index is 4.49. The van der Waals surface area contributed by atoms with E-state index in [2.05, 4.69) is 5.32 Å². The monoisotopic (exact) mass is 288 g/mol. The lowest BCUT2D eigenvalue weighted by Gasteiger charge is -2.37. The first-order valence-electron chi connectivity index (χ1n) is 7.32. The second-order valence-corrected chi connectivity index (χ2v) is 7.17. The summed E-state index contributed by atoms with van der Waals surface area (Å²) in [6.07, 6.45) is 0.420. The SMILES string of the molecule is CC(CCO)NCCN(C(=O)OC(C)(C)C)C(C)(C)C. The molecule has 0 heterocycles. The van der Waals surface area contributed by atoms with E-state index in [1.54, 1.807) is 4.90 Å². The quantitative estimate of drug-likeness (QED) is 0.788. The molecule has 0 aliphatic carbocycles. The molecule has 5 heteroatoms. The van der Waals surface area contributed by atoms with Gasteiger partial charge in [0.15, 0.2) is 0 Å². The Labute approximate surface area is 123 Å². The summed E-state index contributed by atoms with van der Waals surface area (Å²) in [7, 11) is 0. The van der Waals surface area contributed by atoms with Gasteiger partial charge in [0.1, 0.15) is 5.60 Å². The number of carbonyl (C=O) groups excluding carboxylic acids is 1. The van der Waals surface area contributed by atoms with E-state index < -0.39 is 5.60 Å². The van der Waals surface area contributed by atoms with Crippen LogP contribution >= 0.6 is 0 Å². The Morgan fingerprint density at radius 1 is 1.25 bits per heavy atom. The molecule has 0 aromatic carbocycles. The highest BCUT2D eigenvalue weighted by Gasteiger charge is 2.30. The molecule has 1 atom stereocenters. The van der Waals surface area contributed by atoms with Crippen LogP contribution in [0.25, 0.3) is 0 Å². The fraction of sp³-hybridized carbons (Fsp3) is 0.933. The van der Waals surface area contributed by atoms with Gasteiger partial charge in [-0.1, -0.05) is 0 Å².